The van der Waals surface area contributed by atoms with E-state index in [9.17, 15) is 19.2 Å². The Kier molecular flexibility index (Phi) is 12.8. The Morgan fingerprint density at radius 3 is 1.26 bits per heavy atom. The second-order valence-corrected chi connectivity index (χ2v) is 8.20. The molecule has 0 fully saturated rings. The van der Waals surface area contributed by atoms with Crippen molar-refractivity contribution in [2.45, 2.75) is 33.4 Å². The van der Waals surface area contributed by atoms with E-state index in [0.29, 0.717) is 0 Å². The molecule has 0 spiro atoms. The molecule has 14 heteroatoms. The Hall–Kier alpha value is -0.380. The number of hydrogen-bond donors (Lipinski definition) is 1. The number of halogens is 6. The van der Waals surface area contributed by atoms with Gasteiger partial charge in [-0.15, -0.1) is 0 Å². The molecule has 8 nitrogen and oxygen atoms in total. The molecule has 0 aliphatic carbocycles. The van der Waals surface area contributed by atoms with Crippen LogP contribution in [0.15, 0.2) is 0 Å². The first-order chi connectivity index (χ1) is 12.4. The van der Waals surface area contributed by atoms with Gasteiger partial charge in [0.2, 0.25) is 20.4 Å². The van der Waals surface area contributed by atoms with Gasteiger partial charge in [0.1, 0.15) is 25.4 Å². The monoisotopic (exact) mass is 507 g/mol. The number of hydrogen-bond acceptors (Lipinski definition) is 7. The minimum atomic E-state index is -1.71. The molecule has 27 heavy (non-hydrogen) atoms. The Balaban J connectivity index is 5.50. The molecular formula is C13H15Cl6NO7. The van der Waals surface area contributed by atoms with Crippen LogP contribution < -0.4 is 5.32 Å². The van der Waals surface area contributed by atoms with Crippen molar-refractivity contribution < 1.29 is 33.4 Å². The van der Waals surface area contributed by atoms with Crippen molar-refractivity contribution in [3.63, 3.8) is 0 Å². The highest BCUT2D eigenvalue weighted by Crippen LogP contribution is 2.15. The van der Waals surface area contributed by atoms with Crippen molar-refractivity contribution in [2.24, 2.45) is 0 Å². The van der Waals surface area contributed by atoms with Crippen molar-refractivity contribution in [1.29, 1.82) is 0 Å². The van der Waals surface area contributed by atoms with E-state index >= 15 is 0 Å². The van der Waals surface area contributed by atoms with Gasteiger partial charge in [-0.25, -0.2) is 14.4 Å². The van der Waals surface area contributed by atoms with Crippen LogP contribution in [0, 0.1) is 0 Å². The number of carbonyl (C=O) groups excluding carboxylic acids is 4. The van der Waals surface area contributed by atoms with Crippen LogP contribution >= 0.6 is 69.6 Å². The SMILES string of the molecule is CCC(=O)NC(COC(=O)C(Cl)Cl)(COC(=O)C(Cl)Cl)COC(=O)C(Cl)Cl. The van der Waals surface area contributed by atoms with E-state index in [4.69, 9.17) is 83.8 Å². The van der Waals surface area contributed by atoms with Crippen LogP contribution in [-0.4, -0.2) is 63.7 Å². The highest BCUT2D eigenvalue weighted by Gasteiger charge is 2.38. The van der Waals surface area contributed by atoms with Gasteiger partial charge in [-0.05, 0) is 0 Å². The molecule has 0 heterocycles. The Labute approximate surface area is 184 Å². The normalized spacial score (nSPS) is 11.5. The molecule has 0 bridgehead atoms. The Bertz CT molecular complexity index is 483. The zero-order valence-corrected chi connectivity index (χ0v) is 18.2. The number of nitrogens with one attached hydrogen (secondary N) is 1. The van der Waals surface area contributed by atoms with Crippen molar-refractivity contribution in [1.82, 2.24) is 5.32 Å². The molecule has 0 rings (SSSR count). The number of ether oxygens (including phenoxy) is 3. The minimum absolute atomic E-state index is 0.00645. The molecule has 0 unspecified atom stereocenters. The summed E-state index contributed by atoms with van der Waals surface area (Å²) in [5, 5.41) is 2.43. The van der Waals surface area contributed by atoms with Gasteiger partial charge in [-0.3, -0.25) is 4.79 Å². The first-order valence-electron chi connectivity index (χ1n) is 7.09. The third-order valence-electron chi connectivity index (χ3n) is 2.73. The summed E-state index contributed by atoms with van der Waals surface area (Å²) in [7, 11) is 0. The van der Waals surface area contributed by atoms with E-state index in [1.807, 2.05) is 0 Å². The van der Waals surface area contributed by atoms with E-state index in [-0.39, 0.29) is 6.42 Å². The van der Waals surface area contributed by atoms with Crippen molar-refractivity contribution in [3.05, 3.63) is 0 Å². The summed E-state index contributed by atoms with van der Waals surface area (Å²) in [6, 6.07) is 0. The first-order valence-corrected chi connectivity index (χ1v) is 9.71. The van der Waals surface area contributed by atoms with Crippen molar-refractivity contribution in [3.8, 4) is 0 Å². The van der Waals surface area contributed by atoms with Crippen LogP contribution in [0.2, 0.25) is 0 Å². The van der Waals surface area contributed by atoms with Crippen molar-refractivity contribution in [2.75, 3.05) is 19.8 Å². The smallest absolute Gasteiger partial charge is 0.339 e. The van der Waals surface area contributed by atoms with E-state index < -0.39 is 63.7 Å². The standard InChI is InChI=1S/C13H15Cl6NO7/c1-2-6(21)20-13(3-25-10(22)7(14)15,4-26-11(23)8(16)17)5-27-12(24)9(18)19/h7-9H,2-5H2,1H3,(H,20,21). The van der Waals surface area contributed by atoms with Gasteiger partial charge < -0.3 is 19.5 Å². The lowest BCUT2D eigenvalue weighted by atomic mass is 10.0. The summed E-state index contributed by atoms with van der Waals surface area (Å²) < 4.78 is 14.6. The lowest BCUT2D eigenvalue weighted by Crippen LogP contribution is -2.59. The molecule has 0 saturated heterocycles. The quantitative estimate of drug-likeness (QED) is 0.258. The van der Waals surface area contributed by atoms with Crippen LogP contribution in [0.25, 0.3) is 0 Å². The minimum Gasteiger partial charge on any atom is -0.461 e. The molecule has 0 aliphatic rings. The van der Waals surface area contributed by atoms with Gasteiger partial charge in [0.25, 0.3) is 0 Å². The summed E-state index contributed by atoms with van der Waals surface area (Å²) in [4.78, 5) is 41.9. The van der Waals surface area contributed by atoms with Gasteiger partial charge >= 0.3 is 17.9 Å². The zero-order chi connectivity index (χ0) is 21.2. The number of esters is 3. The molecular weight excluding hydrogens is 495 g/mol. The molecule has 1 amide bonds. The van der Waals surface area contributed by atoms with Gasteiger partial charge in [0.05, 0.1) is 0 Å². The van der Waals surface area contributed by atoms with Crippen LogP contribution in [0.5, 0.6) is 0 Å². The van der Waals surface area contributed by atoms with Crippen LogP contribution in [0.3, 0.4) is 0 Å². The predicted molar refractivity (Wildman–Crippen MR) is 101 cm³/mol. The third kappa shape index (κ3) is 10.7. The summed E-state index contributed by atoms with van der Waals surface area (Å²) in [5.41, 5.74) is -1.71. The average Bonchev–Trinajstić information content (AvgIpc) is 2.61. The maximum atomic E-state index is 11.9. The fraction of sp³-hybridized carbons (Fsp3) is 0.692. The van der Waals surface area contributed by atoms with Gasteiger partial charge in [-0.2, -0.15) is 0 Å². The topological polar surface area (TPSA) is 108 Å². The van der Waals surface area contributed by atoms with E-state index in [1.54, 1.807) is 0 Å². The highest BCUT2D eigenvalue weighted by atomic mass is 35.5. The molecule has 0 atom stereocenters. The summed E-state index contributed by atoms with van der Waals surface area (Å²) >= 11 is 32.3. The predicted octanol–water partition coefficient (Wildman–Crippen LogP) is 2.29. The van der Waals surface area contributed by atoms with Crippen LogP contribution in [0.1, 0.15) is 13.3 Å². The molecule has 156 valence electrons. The number of amides is 1. The van der Waals surface area contributed by atoms with E-state index in [0.717, 1.165) is 0 Å². The fourth-order valence-corrected chi connectivity index (χ4v) is 1.81. The third-order valence-corrected chi connectivity index (χ3v) is 3.80. The highest BCUT2D eigenvalue weighted by molar-refractivity contribution is 6.53. The zero-order valence-electron chi connectivity index (χ0n) is 13.7. The van der Waals surface area contributed by atoms with Gasteiger partial charge in [-0.1, -0.05) is 76.5 Å². The Morgan fingerprint density at radius 1 is 0.741 bits per heavy atom. The second kappa shape index (κ2) is 13.0. The second-order valence-electron chi connectivity index (χ2n) is 4.91. The number of rotatable bonds is 11. The van der Waals surface area contributed by atoms with E-state index in [1.165, 1.54) is 6.92 Å². The number of carbonyl (C=O) groups is 4. The first kappa shape index (κ1) is 26.6. The maximum absolute atomic E-state index is 11.9. The van der Waals surface area contributed by atoms with Crippen LogP contribution in [-0.2, 0) is 33.4 Å². The molecule has 1 N–H and O–H groups in total. The fourth-order valence-electron chi connectivity index (χ4n) is 1.43. The summed E-state index contributed by atoms with van der Waals surface area (Å²) in [6.07, 6.45) is 0.00645. The molecule has 0 aromatic carbocycles. The molecule has 0 aliphatic heterocycles. The van der Waals surface area contributed by atoms with Crippen LogP contribution in [0.4, 0.5) is 0 Å². The molecule has 0 aromatic heterocycles. The largest absolute Gasteiger partial charge is 0.461 e. The molecule has 0 radical (unpaired) electrons. The molecule has 0 aromatic rings. The maximum Gasteiger partial charge on any atom is 0.339 e. The number of alkyl halides is 6. The van der Waals surface area contributed by atoms with Crippen molar-refractivity contribution >= 4 is 93.4 Å². The lowest BCUT2D eigenvalue weighted by molar-refractivity contribution is -0.157. The van der Waals surface area contributed by atoms with Gasteiger partial charge in [0.15, 0.2) is 0 Å². The van der Waals surface area contributed by atoms with Gasteiger partial charge in [0, 0.05) is 6.42 Å². The average molecular weight is 510 g/mol. The summed E-state index contributed by atoms with van der Waals surface area (Å²) in [6.45, 7) is -0.353. The summed E-state index contributed by atoms with van der Waals surface area (Å²) in [5.74, 6) is -3.70. The lowest BCUT2D eigenvalue weighted by Gasteiger charge is -2.33. The van der Waals surface area contributed by atoms with E-state index in [2.05, 4.69) is 5.32 Å². The Morgan fingerprint density at radius 2 is 1.04 bits per heavy atom. The molecule has 0 saturated carbocycles.